The van der Waals surface area contributed by atoms with E-state index in [1.165, 1.54) is 12.8 Å². The summed E-state index contributed by atoms with van der Waals surface area (Å²) in [6.45, 7) is 6.98. The first-order valence-corrected chi connectivity index (χ1v) is 8.86. The van der Waals surface area contributed by atoms with E-state index >= 15 is 0 Å². The Morgan fingerprint density at radius 2 is 1.96 bits per heavy atom. The van der Waals surface area contributed by atoms with Crippen molar-refractivity contribution in [1.82, 2.24) is 5.32 Å². The topological polar surface area (TPSA) is 66.4 Å². The van der Waals surface area contributed by atoms with Crippen molar-refractivity contribution >= 4 is 11.9 Å². The Morgan fingerprint density at radius 3 is 2.54 bits per heavy atom. The highest BCUT2D eigenvalue weighted by atomic mass is 16.4. The van der Waals surface area contributed by atoms with Crippen LogP contribution in [0.25, 0.3) is 0 Å². The number of carboxylic acid groups (broad SMARTS) is 1. The summed E-state index contributed by atoms with van der Waals surface area (Å²) in [6, 6.07) is 7.16. The third kappa shape index (κ3) is 2.62. The predicted molar refractivity (Wildman–Crippen MR) is 92.9 cm³/mol. The van der Waals surface area contributed by atoms with Crippen LogP contribution in [0.15, 0.2) is 24.3 Å². The molecule has 2 fully saturated rings. The molecule has 3 atom stereocenters. The highest BCUT2D eigenvalue weighted by Gasteiger charge is 2.61. The zero-order chi connectivity index (χ0) is 17.5. The lowest BCUT2D eigenvalue weighted by atomic mass is 9.69. The van der Waals surface area contributed by atoms with Gasteiger partial charge in [-0.1, -0.05) is 39.0 Å². The van der Waals surface area contributed by atoms with Crippen LogP contribution in [-0.4, -0.2) is 23.0 Å². The Balaban J connectivity index is 1.61. The second-order valence-electron chi connectivity index (χ2n) is 8.19. The van der Waals surface area contributed by atoms with Crippen molar-refractivity contribution in [3.05, 3.63) is 35.4 Å². The summed E-state index contributed by atoms with van der Waals surface area (Å²) in [7, 11) is 0. The number of carboxylic acids is 1. The average molecular weight is 329 g/mol. The number of hydrogen-bond acceptors (Lipinski definition) is 2. The number of fused-ring (bicyclic) bond motifs is 2. The molecule has 0 aromatic heterocycles. The van der Waals surface area contributed by atoms with Gasteiger partial charge in [0.1, 0.15) is 0 Å². The number of amides is 1. The van der Waals surface area contributed by atoms with Crippen LogP contribution in [-0.2, 0) is 11.2 Å². The van der Waals surface area contributed by atoms with E-state index in [9.17, 15) is 14.7 Å². The molecule has 1 aromatic rings. The number of rotatable bonds is 5. The first kappa shape index (κ1) is 17.0. The molecule has 2 N–H and O–H groups in total. The van der Waals surface area contributed by atoms with Gasteiger partial charge in [0, 0.05) is 12.5 Å². The number of aryl methyl sites for hydroxylation is 1. The summed E-state index contributed by atoms with van der Waals surface area (Å²) < 4.78 is 0. The second-order valence-corrected chi connectivity index (χ2v) is 8.19. The van der Waals surface area contributed by atoms with E-state index in [0.717, 1.165) is 12.0 Å². The molecule has 4 heteroatoms. The number of carbonyl (C=O) groups excluding carboxylic acids is 1. The molecule has 1 aromatic carbocycles. The van der Waals surface area contributed by atoms with Crippen LogP contribution >= 0.6 is 0 Å². The van der Waals surface area contributed by atoms with E-state index in [1.807, 2.05) is 6.07 Å². The molecule has 3 unspecified atom stereocenters. The third-order valence-electron chi connectivity index (χ3n) is 7.00. The summed E-state index contributed by atoms with van der Waals surface area (Å²) in [6.07, 6.45) is 4.31. The Bertz CT molecular complexity index is 667. The van der Waals surface area contributed by atoms with E-state index in [-0.39, 0.29) is 22.8 Å². The van der Waals surface area contributed by atoms with Gasteiger partial charge >= 0.3 is 5.97 Å². The largest absolute Gasteiger partial charge is 0.478 e. The first-order chi connectivity index (χ1) is 11.3. The molecule has 0 saturated heterocycles. The molecule has 2 aliphatic rings. The minimum Gasteiger partial charge on any atom is -0.478 e. The van der Waals surface area contributed by atoms with Crippen LogP contribution in [0, 0.1) is 16.7 Å². The zero-order valence-electron chi connectivity index (χ0n) is 14.8. The first-order valence-electron chi connectivity index (χ1n) is 8.86. The summed E-state index contributed by atoms with van der Waals surface area (Å²) in [5.41, 5.74) is 1.46. The molecule has 0 aliphatic heterocycles. The molecule has 3 rings (SSSR count). The Morgan fingerprint density at radius 1 is 1.25 bits per heavy atom. The number of benzene rings is 1. The lowest BCUT2D eigenvalue weighted by Gasteiger charge is -2.39. The van der Waals surface area contributed by atoms with Crippen LogP contribution < -0.4 is 5.32 Å². The van der Waals surface area contributed by atoms with Gasteiger partial charge in [0.15, 0.2) is 0 Å². The van der Waals surface area contributed by atoms with Crippen molar-refractivity contribution < 1.29 is 14.7 Å². The molecule has 4 nitrogen and oxygen atoms in total. The zero-order valence-corrected chi connectivity index (χ0v) is 14.8. The Hall–Kier alpha value is -1.84. The molecule has 130 valence electrons. The van der Waals surface area contributed by atoms with Crippen LogP contribution in [0.4, 0.5) is 0 Å². The second kappa shape index (κ2) is 5.91. The molecule has 24 heavy (non-hydrogen) atoms. The fraction of sp³-hybridized carbons (Fsp3) is 0.600. The van der Waals surface area contributed by atoms with E-state index in [4.69, 9.17) is 0 Å². The van der Waals surface area contributed by atoms with Crippen molar-refractivity contribution in [2.24, 2.45) is 16.7 Å². The molecular weight excluding hydrogens is 302 g/mol. The smallest absolute Gasteiger partial charge is 0.335 e. The maximum atomic E-state index is 12.4. The van der Waals surface area contributed by atoms with Gasteiger partial charge in [0.05, 0.1) is 5.56 Å². The lowest BCUT2D eigenvalue weighted by molar-refractivity contribution is -0.122. The number of carbonyl (C=O) groups is 2. The van der Waals surface area contributed by atoms with Gasteiger partial charge in [-0.15, -0.1) is 0 Å². The van der Waals surface area contributed by atoms with E-state index in [2.05, 4.69) is 26.1 Å². The van der Waals surface area contributed by atoms with E-state index in [1.54, 1.807) is 18.2 Å². The molecule has 0 spiro atoms. The maximum Gasteiger partial charge on any atom is 0.335 e. The minimum absolute atomic E-state index is 0.0322. The van der Waals surface area contributed by atoms with Crippen LogP contribution in [0.1, 0.15) is 62.4 Å². The minimum atomic E-state index is -0.937. The van der Waals surface area contributed by atoms with E-state index in [0.29, 0.717) is 24.3 Å². The number of hydrogen-bond donors (Lipinski definition) is 2. The van der Waals surface area contributed by atoms with Gasteiger partial charge in [-0.2, -0.15) is 0 Å². The lowest BCUT2D eigenvalue weighted by Crippen LogP contribution is -2.46. The number of aromatic carboxylic acids is 1. The highest BCUT2D eigenvalue weighted by Crippen LogP contribution is 2.65. The predicted octanol–water partition coefficient (Wildman–Crippen LogP) is 3.65. The standard InChI is InChI=1S/C20H27NO3/c1-19(2)14-10-11-20(19,3)16(12-14)21-17(22)9-8-13-6-4-5-7-15(13)18(23)24/h4-7,14,16H,8-12H2,1-3H3,(H,21,22)(H,23,24). The van der Waals surface area contributed by atoms with Crippen molar-refractivity contribution in [3.8, 4) is 0 Å². The van der Waals surface area contributed by atoms with Gasteiger partial charge in [0.25, 0.3) is 0 Å². The van der Waals surface area contributed by atoms with Crippen molar-refractivity contribution in [3.63, 3.8) is 0 Å². The fourth-order valence-electron chi connectivity index (χ4n) is 4.88. The quantitative estimate of drug-likeness (QED) is 0.866. The average Bonchev–Trinajstić information content (AvgIpc) is 2.86. The van der Waals surface area contributed by atoms with Crippen LogP contribution in [0.3, 0.4) is 0 Å². The molecule has 2 bridgehead atoms. The molecule has 1 amide bonds. The van der Waals surface area contributed by atoms with Gasteiger partial charge in [-0.05, 0) is 54.1 Å². The summed E-state index contributed by atoms with van der Waals surface area (Å²) in [5.74, 6) is -0.210. The van der Waals surface area contributed by atoms with Crippen molar-refractivity contribution in [2.45, 2.75) is 58.9 Å². The normalized spacial score (nSPS) is 30.3. The maximum absolute atomic E-state index is 12.4. The van der Waals surface area contributed by atoms with Gasteiger partial charge in [-0.3, -0.25) is 4.79 Å². The Kier molecular flexibility index (Phi) is 4.18. The third-order valence-corrected chi connectivity index (χ3v) is 7.00. The molecule has 2 saturated carbocycles. The molecular formula is C20H27NO3. The van der Waals surface area contributed by atoms with Crippen LogP contribution in [0.5, 0.6) is 0 Å². The monoisotopic (exact) mass is 329 g/mol. The molecule has 0 radical (unpaired) electrons. The van der Waals surface area contributed by atoms with Gasteiger partial charge in [-0.25, -0.2) is 4.79 Å². The SMILES string of the molecule is CC1(C)C2CCC1(C)C(NC(=O)CCc1ccccc1C(=O)O)C2. The van der Waals surface area contributed by atoms with Crippen molar-refractivity contribution in [1.29, 1.82) is 0 Å². The Labute approximate surface area is 143 Å². The van der Waals surface area contributed by atoms with Gasteiger partial charge < -0.3 is 10.4 Å². The summed E-state index contributed by atoms with van der Waals surface area (Å²) in [5, 5.41) is 12.5. The van der Waals surface area contributed by atoms with Crippen molar-refractivity contribution in [2.75, 3.05) is 0 Å². The van der Waals surface area contributed by atoms with Crippen LogP contribution in [0.2, 0.25) is 0 Å². The molecule has 0 heterocycles. The van der Waals surface area contributed by atoms with E-state index < -0.39 is 5.97 Å². The summed E-state index contributed by atoms with van der Waals surface area (Å²) >= 11 is 0. The number of nitrogens with one attached hydrogen (secondary N) is 1. The fourth-order valence-corrected chi connectivity index (χ4v) is 4.88. The molecule has 2 aliphatic carbocycles. The summed E-state index contributed by atoms with van der Waals surface area (Å²) in [4.78, 5) is 23.7. The van der Waals surface area contributed by atoms with Gasteiger partial charge in [0.2, 0.25) is 5.91 Å². The highest BCUT2D eigenvalue weighted by molar-refractivity contribution is 5.89.